The molecule has 0 saturated heterocycles. The van der Waals surface area contributed by atoms with Crippen molar-refractivity contribution in [3.05, 3.63) is 91.8 Å². The molecule has 0 atom stereocenters. The molecule has 0 spiro atoms. The molecule has 2 aliphatic carbocycles. The average molecular weight is 373 g/mol. The zero-order valence-corrected chi connectivity index (χ0v) is 15.3. The van der Waals surface area contributed by atoms with Gasteiger partial charge in [0.2, 0.25) is 0 Å². The van der Waals surface area contributed by atoms with Crippen LogP contribution in [0.1, 0.15) is 36.1 Å². The number of benzene rings is 3. The Hall–Kier alpha value is -2.12. The fraction of sp³-hybridized carbons (Fsp3) is 0.130. The van der Waals surface area contributed by atoms with Gasteiger partial charge in [0, 0.05) is 9.89 Å². The van der Waals surface area contributed by atoms with E-state index in [-0.39, 0.29) is 5.41 Å². The minimum absolute atomic E-state index is 0.000835. The molecule has 0 amide bonds. The van der Waals surface area contributed by atoms with Crippen molar-refractivity contribution >= 4 is 28.1 Å². The smallest absolute Gasteiger partial charge is 0.0178 e. The summed E-state index contributed by atoms with van der Waals surface area (Å²) in [5, 5.41) is 2.75. The number of fused-ring (bicyclic) bond motifs is 6. The second kappa shape index (κ2) is 4.70. The molecule has 116 valence electrons. The maximum absolute atomic E-state index is 3.63. The first kappa shape index (κ1) is 14.2. The van der Waals surface area contributed by atoms with Crippen molar-refractivity contribution < 1.29 is 0 Å². The second-order valence-electron chi connectivity index (χ2n) is 7.22. The van der Waals surface area contributed by atoms with Gasteiger partial charge < -0.3 is 0 Å². The predicted octanol–water partition coefficient (Wildman–Crippen LogP) is 4.73. The van der Waals surface area contributed by atoms with E-state index in [1.54, 1.807) is 0 Å². The number of rotatable bonds is 0. The van der Waals surface area contributed by atoms with Crippen LogP contribution in [0.4, 0.5) is 0 Å². The molecule has 2 aliphatic rings. The molecule has 0 nitrogen and oxygen atoms in total. The number of halogens is 1. The van der Waals surface area contributed by atoms with Gasteiger partial charge in [-0.25, -0.2) is 0 Å². The van der Waals surface area contributed by atoms with E-state index in [0.717, 1.165) is 4.47 Å². The Morgan fingerprint density at radius 2 is 1.50 bits per heavy atom. The second-order valence-corrected chi connectivity index (χ2v) is 8.14. The monoisotopic (exact) mass is 372 g/mol. The summed E-state index contributed by atoms with van der Waals surface area (Å²) in [6.07, 6.45) is 4.71. The molecule has 0 unspecified atom stereocenters. The van der Waals surface area contributed by atoms with Crippen LogP contribution in [0.2, 0.25) is 0 Å². The summed E-state index contributed by atoms with van der Waals surface area (Å²) >= 11 is 3.63. The van der Waals surface area contributed by atoms with Crippen molar-refractivity contribution in [2.45, 2.75) is 19.3 Å². The number of hydrogen-bond acceptors (Lipinski definition) is 0. The average Bonchev–Trinajstić information content (AvgIpc) is 2.95. The molecule has 24 heavy (non-hydrogen) atoms. The lowest BCUT2D eigenvalue weighted by Crippen LogP contribution is -2.39. The molecule has 0 bridgehead atoms. The highest BCUT2D eigenvalue weighted by molar-refractivity contribution is 9.10. The van der Waals surface area contributed by atoms with E-state index in [1.807, 2.05) is 0 Å². The molecule has 5 rings (SSSR count). The standard InChI is InChI=1S/C23H17Br/c1-23(2)21-10-9-18-17-6-4-3-5-14(17)11-19(18)20(21)12-15-7-8-16(24)13-22(15)23/h3-13H,1-2H3. The molecule has 3 aromatic rings. The van der Waals surface area contributed by atoms with Crippen LogP contribution in [0.15, 0.2) is 59.1 Å². The summed E-state index contributed by atoms with van der Waals surface area (Å²) < 4.78 is 1.14. The van der Waals surface area contributed by atoms with E-state index in [2.05, 4.69) is 96.5 Å². The van der Waals surface area contributed by atoms with Crippen LogP contribution in [-0.2, 0) is 5.41 Å². The maximum atomic E-state index is 3.63. The van der Waals surface area contributed by atoms with E-state index in [4.69, 9.17) is 0 Å². The summed E-state index contributed by atoms with van der Waals surface area (Å²) in [6.45, 7) is 4.66. The van der Waals surface area contributed by atoms with Crippen molar-refractivity contribution in [1.82, 2.24) is 0 Å². The zero-order valence-electron chi connectivity index (χ0n) is 13.7. The predicted molar refractivity (Wildman–Crippen MR) is 105 cm³/mol. The molecule has 0 N–H and O–H groups in total. The SMILES string of the molecule is CC1(C)c2cc(Br)ccc2C=c2c1ccc1c2=Cc2ccccc2-1. The van der Waals surface area contributed by atoms with Crippen LogP contribution in [0.25, 0.3) is 23.3 Å². The molecule has 0 aliphatic heterocycles. The van der Waals surface area contributed by atoms with Crippen molar-refractivity contribution in [1.29, 1.82) is 0 Å². The Balaban J connectivity index is 1.92. The van der Waals surface area contributed by atoms with E-state index in [1.165, 1.54) is 43.8 Å². The Labute approximate surface area is 150 Å². The van der Waals surface area contributed by atoms with Gasteiger partial charge in [-0.1, -0.05) is 72.2 Å². The topological polar surface area (TPSA) is 0 Å². The summed E-state index contributed by atoms with van der Waals surface area (Å²) in [5.74, 6) is 0. The molecule has 3 aromatic carbocycles. The van der Waals surface area contributed by atoms with Gasteiger partial charge >= 0.3 is 0 Å². The fourth-order valence-electron chi connectivity index (χ4n) is 4.25. The molecule has 0 radical (unpaired) electrons. The molecule has 0 fully saturated rings. The van der Waals surface area contributed by atoms with Crippen LogP contribution in [-0.4, -0.2) is 0 Å². The van der Waals surface area contributed by atoms with E-state index < -0.39 is 0 Å². The van der Waals surface area contributed by atoms with Crippen molar-refractivity contribution in [3.63, 3.8) is 0 Å². The Morgan fingerprint density at radius 1 is 0.708 bits per heavy atom. The Morgan fingerprint density at radius 3 is 2.38 bits per heavy atom. The lowest BCUT2D eigenvalue weighted by molar-refractivity contribution is 0.629. The normalized spacial score (nSPS) is 15.5. The van der Waals surface area contributed by atoms with E-state index in [0.29, 0.717) is 0 Å². The van der Waals surface area contributed by atoms with Crippen LogP contribution < -0.4 is 10.4 Å². The van der Waals surface area contributed by atoms with Gasteiger partial charge in [-0.15, -0.1) is 0 Å². The Bertz CT molecular complexity index is 1130. The highest BCUT2D eigenvalue weighted by Crippen LogP contribution is 2.37. The Kier molecular flexibility index (Phi) is 2.79. The molecule has 0 heterocycles. The van der Waals surface area contributed by atoms with Crippen LogP contribution in [0.5, 0.6) is 0 Å². The summed E-state index contributed by atoms with van der Waals surface area (Å²) in [7, 11) is 0. The summed E-state index contributed by atoms with van der Waals surface area (Å²) in [6, 6.07) is 19.9. The van der Waals surface area contributed by atoms with Crippen molar-refractivity contribution in [2.75, 3.05) is 0 Å². The van der Waals surface area contributed by atoms with Crippen LogP contribution in [0.3, 0.4) is 0 Å². The molecule has 0 aromatic heterocycles. The molecule has 0 saturated carbocycles. The first-order valence-electron chi connectivity index (χ1n) is 8.32. The third-order valence-electron chi connectivity index (χ3n) is 5.50. The van der Waals surface area contributed by atoms with Gasteiger partial charge in [-0.3, -0.25) is 0 Å². The number of hydrogen-bond donors (Lipinski definition) is 0. The summed E-state index contributed by atoms with van der Waals surface area (Å²) in [5.41, 5.74) is 8.17. The first-order valence-corrected chi connectivity index (χ1v) is 9.11. The van der Waals surface area contributed by atoms with Gasteiger partial charge in [0.15, 0.2) is 0 Å². The highest BCUT2D eigenvalue weighted by Gasteiger charge is 2.30. The van der Waals surface area contributed by atoms with Gasteiger partial charge in [0.25, 0.3) is 0 Å². The van der Waals surface area contributed by atoms with Crippen LogP contribution in [0, 0.1) is 0 Å². The largest absolute Gasteiger partial charge is 0.0616 e. The maximum Gasteiger partial charge on any atom is 0.0178 e. The quantitative estimate of drug-likeness (QED) is 0.418. The lowest BCUT2D eigenvalue weighted by Gasteiger charge is -2.32. The molecular weight excluding hydrogens is 356 g/mol. The van der Waals surface area contributed by atoms with Gasteiger partial charge in [-0.05, 0) is 68.1 Å². The van der Waals surface area contributed by atoms with Gasteiger partial charge in [-0.2, -0.15) is 0 Å². The zero-order chi connectivity index (χ0) is 16.5. The van der Waals surface area contributed by atoms with Crippen molar-refractivity contribution in [2.24, 2.45) is 0 Å². The minimum atomic E-state index is 0.000835. The summed E-state index contributed by atoms with van der Waals surface area (Å²) in [4.78, 5) is 0. The third kappa shape index (κ3) is 1.79. The molecular formula is C23H17Br. The van der Waals surface area contributed by atoms with Crippen molar-refractivity contribution in [3.8, 4) is 11.1 Å². The van der Waals surface area contributed by atoms with E-state index in [9.17, 15) is 0 Å². The first-order chi connectivity index (χ1) is 11.6. The third-order valence-corrected chi connectivity index (χ3v) is 5.99. The van der Waals surface area contributed by atoms with Crippen LogP contribution >= 0.6 is 15.9 Å². The van der Waals surface area contributed by atoms with Gasteiger partial charge in [0.1, 0.15) is 0 Å². The highest BCUT2D eigenvalue weighted by atomic mass is 79.9. The minimum Gasteiger partial charge on any atom is -0.0616 e. The van der Waals surface area contributed by atoms with E-state index >= 15 is 0 Å². The molecule has 1 heteroatoms. The lowest BCUT2D eigenvalue weighted by atomic mass is 9.71. The fourth-order valence-corrected chi connectivity index (χ4v) is 4.61. The van der Waals surface area contributed by atoms with Gasteiger partial charge in [0.05, 0.1) is 0 Å².